The lowest BCUT2D eigenvalue weighted by Crippen LogP contribution is -2.11. The molecule has 7 heteroatoms. The molecule has 2 aromatic carbocycles. The summed E-state index contributed by atoms with van der Waals surface area (Å²) in [4.78, 5) is 19.2. The third-order valence-electron chi connectivity index (χ3n) is 3.57. The first-order chi connectivity index (χ1) is 12.0. The van der Waals surface area contributed by atoms with Crippen molar-refractivity contribution in [2.75, 3.05) is 7.11 Å². The number of methoxy groups -OCH3 is 1. The summed E-state index contributed by atoms with van der Waals surface area (Å²) in [5.74, 6) is 0.405. The fourth-order valence-corrected chi connectivity index (χ4v) is 2.83. The van der Waals surface area contributed by atoms with Gasteiger partial charge in [0.25, 0.3) is 5.56 Å². The minimum absolute atomic E-state index is 0.0320. The van der Waals surface area contributed by atoms with E-state index in [9.17, 15) is 15.2 Å². The normalized spacial score (nSPS) is 11.3. The molecule has 1 heterocycles. The van der Waals surface area contributed by atoms with E-state index in [1.54, 1.807) is 42.5 Å². The van der Waals surface area contributed by atoms with Crippen LogP contribution < -0.4 is 10.3 Å². The van der Waals surface area contributed by atoms with Crippen molar-refractivity contribution in [3.8, 4) is 17.6 Å². The number of nitrogens with zero attached hydrogens (tertiary/aromatic N) is 2. The first-order valence-electron chi connectivity index (χ1n) is 7.21. The van der Waals surface area contributed by atoms with Crippen LogP contribution in [0.15, 0.2) is 45.7 Å². The van der Waals surface area contributed by atoms with E-state index in [4.69, 9.17) is 4.74 Å². The monoisotopic (exact) mass is 397 g/mol. The summed E-state index contributed by atoms with van der Waals surface area (Å²) < 4.78 is 5.52. The summed E-state index contributed by atoms with van der Waals surface area (Å²) in [7, 11) is 1.43. The molecule has 0 amide bonds. The SMILES string of the molecule is COc1cc(/C=C(/C#N)c2nc3ccccc3c(=O)[nH]2)cc(Br)c1O. The molecule has 0 atom stereocenters. The Balaban J connectivity index is 2.15. The number of fused-ring (bicyclic) bond motifs is 1. The van der Waals surface area contributed by atoms with Crippen LogP contribution in [0, 0.1) is 11.3 Å². The van der Waals surface area contributed by atoms with Crippen molar-refractivity contribution in [2.24, 2.45) is 0 Å². The number of allylic oxidation sites excluding steroid dienone is 1. The largest absolute Gasteiger partial charge is 0.503 e. The highest BCUT2D eigenvalue weighted by Crippen LogP contribution is 2.36. The van der Waals surface area contributed by atoms with Gasteiger partial charge in [0.15, 0.2) is 17.3 Å². The molecule has 0 bridgehead atoms. The van der Waals surface area contributed by atoms with Crippen LogP contribution in [0.5, 0.6) is 11.5 Å². The van der Waals surface area contributed by atoms with E-state index in [2.05, 4.69) is 25.9 Å². The zero-order valence-corrected chi connectivity index (χ0v) is 14.7. The van der Waals surface area contributed by atoms with Gasteiger partial charge in [-0.1, -0.05) is 12.1 Å². The number of aromatic amines is 1. The molecule has 3 aromatic rings. The molecular weight excluding hydrogens is 386 g/mol. The molecule has 0 saturated carbocycles. The average molecular weight is 398 g/mol. The quantitative estimate of drug-likeness (QED) is 0.659. The van der Waals surface area contributed by atoms with Gasteiger partial charge in [0, 0.05) is 0 Å². The minimum Gasteiger partial charge on any atom is -0.503 e. The van der Waals surface area contributed by atoms with E-state index in [1.165, 1.54) is 7.11 Å². The molecule has 0 aliphatic rings. The van der Waals surface area contributed by atoms with Crippen LogP contribution in [0.1, 0.15) is 11.4 Å². The lowest BCUT2D eigenvalue weighted by atomic mass is 10.1. The number of halogens is 1. The first-order valence-corrected chi connectivity index (χ1v) is 8.00. The molecule has 124 valence electrons. The Bertz CT molecular complexity index is 1100. The maximum Gasteiger partial charge on any atom is 0.259 e. The fraction of sp³-hybridized carbons (Fsp3) is 0.0556. The molecule has 6 nitrogen and oxygen atoms in total. The number of benzene rings is 2. The summed E-state index contributed by atoms with van der Waals surface area (Å²) in [5.41, 5.74) is 0.981. The molecule has 0 aliphatic heterocycles. The van der Waals surface area contributed by atoms with E-state index in [0.717, 1.165) is 0 Å². The molecule has 0 radical (unpaired) electrons. The number of aromatic hydroxyl groups is 1. The van der Waals surface area contributed by atoms with Gasteiger partial charge in [-0.25, -0.2) is 4.98 Å². The number of hydrogen-bond acceptors (Lipinski definition) is 5. The maximum atomic E-state index is 12.2. The third-order valence-corrected chi connectivity index (χ3v) is 4.17. The number of para-hydroxylation sites is 1. The number of rotatable bonds is 3. The van der Waals surface area contributed by atoms with Crippen LogP contribution in [-0.4, -0.2) is 22.2 Å². The van der Waals surface area contributed by atoms with E-state index in [1.807, 2.05) is 6.07 Å². The Kier molecular flexibility index (Phi) is 4.55. The summed E-state index contributed by atoms with van der Waals surface area (Å²) in [6, 6.07) is 12.2. The van der Waals surface area contributed by atoms with Crippen LogP contribution in [0.2, 0.25) is 0 Å². The van der Waals surface area contributed by atoms with Crippen molar-refractivity contribution in [1.82, 2.24) is 9.97 Å². The highest BCUT2D eigenvalue weighted by molar-refractivity contribution is 9.10. The Morgan fingerprint density at radius 2 is 2.16 bits per heavy atom. The predicted molar refractivity (Wildman–Crippen MR) is 98.2 cm³/mol. The fourth-order valence-electron chi connectivity index (χ4n) is 2.37. The van der Waals surface area contributed by atoms with E-state index in [-0.39, 0.29) is 28.5 Å². The van der Waals surface area contributed by atoms with Crippen LogP contribution in [0.25, 0.3) is 22.6 Å². The predicted octanol–water partition coefficient (Wildman–Crippen LogP) is 3.46. The zero-order valence-electron chi connectivity index (χ0n) is 13.1. The topological polar surface area (TPSA) is 99.0 Å². The second kappa shape index (κ2) is 6.79. The number of hydrogen-bond donors (Lipinski definition) is 2. The number of phenols is 1. The van der Waals surface area contributed by atoms with Crippen LogP contribution >= 0.6 is 15.9 Å². The van der Waals surface area contributed by atoms with E-state index >= 15 is 0 Å². The molecule has 0 aliphatic carbocycles. The second-order valence-electron chi connectivity index (χ2n) is 5.16. The van der Waals surface area contributed by atoms with Gasteiger partial charge in [-0.3, -0.25) is 4.79 Å². The number of nitriles is 1. The van der Waals surface area contributed by atoms with Gasteiger partial charge >= 0.3 is 0 Å². The molecule has 0 saturated heterocycles. The van der Waals surface area contributed by atoms with Crippen molar-refractivity contribution in [3.63, 3.8) is 0 Å². The third kappa shape index (κ3) is 3.25. The van der Waals surface area contributed by atoms with Gasteiger partial charge in [0.05, 0.1) is 28.1 Å². The van der Waals surface area contributed by atoms with Crippen molar-refractivity contribution in [3.05, 3.63) is 62.6 Å². The lowest BCUT2D eigenvalue weighted by Gasteiger charge is -2.07. The van der Waals surface area contributed by atoms with Crippen LogP contribution in [0.4, 0.5) is 0 Å². The average Bonchev–Trinajstić information content (AvgIpc) is 2.62. The number of H-pyrrole nitrogens is 1. The summed E-state index contributed by atoms with van der Waals surface area (Å²) >= 11 is 3.23. The standard InChI is InChI=1S/C18H12BrN3O3/c1-25-15-8-10(7-13(19)16(15)23)6-11(9-20)17-21-14-5-3-2-4-12(14)18(24)22-17/h2-8,23H,1H3,(H,21,22,24)/b11-6-. The lowest BCUT2D eigenvalue weighted by molar-refractivity contribution is 0.372. The number of aromatic nitrogens is 2. The minimum atomic E-state index is -0.314. The molecule has 2 N–H and O–H groups in total. The van der Waals surface area contributed by atoms with Gasteiger partial charge in [-0.05, 0) is 51.8 Å². The number of nitrogens with one attached hydrogen (secondary N) is 1. The van der Waals surface area contributed by atoms with Gasteiger partial charge in [-0.15, -0.1) is 0 Å². The van der Waals surface area contributed by atoms with Crippen LogP contribution in [-0.2, 0) is 0 Å². The summed E-state index contributed by atoms with van der Waals surface area (Å²) in [5, 5.41) is 19.8. The first kappa shape index (κ1) is 16.7. The Labute approximate surface area is 151 Å². The van der Waals surface area contributed by atoms with Crippen molar-refractivity contribution < 1.29 is 9.84 Å². The van der Waals surface area contributed by atoms with E-state index in [0.29, 0.717) is 20.9 Å². The van der Waals surface area contributed by atoms with E-state index < -0.39 is 0 Å². The highest BCUT2D eigenvalue weighted by Gasteiger charge is 2.11. The summed E-state index contributed by atoms with van der Waals surface area (Å²) in [6.45, 7) is 0. The molecule has 0 spiro atoms. The highest BCUT2D eigenvalue weighted by atomic mass is 79.9. The molecule has 3 rings (SSSR count). The second-order valence-corrected chi connectivity index (χ2v) is 6.01. The van der Waals surface area contributed by atoms with Gasteiger partial charge in [0.1, 0.15) is 6.07 Å². The Morgan fingerprint density at radius 1 is 1.40 bits per heavy atom. The van der Waals surface area contributed by atoms with Gasteiger partial charge in [0.2, 0.25) is 0 Å². The van der Waals surface area contributed by atoms with Crippen LogP contribution in [0.3, 0.4) is 0 Å². The zero-order chi connectivity index (χ0) is 18.0. The Hall–Kier alpha value is -3.11. The number of phenolic OH excluding ortho intramolecular Hbond substituents is 1. The summed E-state index contributed by atoms with van der Waals surface area (Å²) in [6.07, 6.45) is 1.56. The van der Waals surface area contributed by atoms with Crippen molar-refractivity contribution in [1.29, 1.82) is 5.26 Å². The van der Waals surface area contributed by atoms with Crippen molar-refractivity contribution >= 4 is 38.5 Å². The molecular formula is C18H12BrN3O3. The molecule has 0 unspecified atom stereocenters. The maximum absolute atomic E-state index is 12.2. The Morgan fingerprint density at radius 3 is 2.88 bits per heavy atom. The smallest absolute Gasteiger partial charge is 0.259 e. The molecule has 25 heavy (non-hydrogen) atoms. The van der Waals surface area contributed by atoms with Gasteiger partial charge < -0.3 is 14.8 Å². The number of ether oxygens (including phenoxy) is 1. The van der Waals surface area contributed by atoms with Crippen molar-refractivity contribution in [2.45, 2.75) is 0 Å². The molecule has 0 fully saturated rings. The molecule has 1 aromatic heterocycles. The van der Waals surface area contributed by atoms with Gasteiger partial charge in [-0.2, -0.15) is 5.26 Å².